The van der Waals surface area contributed by atoms with E-state index < -0.39 is 0 Å². The summed E-state index contributed by atoms with van der Waals surface area (Å²) in [5.74, 6) is 1.41. The molecule has 4 nitrogen and oxygen atoms in total. The molecule has 1 N–H and O–H groups in total. The Morgan fingerprint density at radius 1 is 1.17 bits per heavy atom. The van der Waals surface area contributed by atoms with Gasteiger partial charge in [0, 0.05) is 5.69 Å². The van der Waals surface area contributed by atoms with Crippen LogP contribution in [0.5, 0.6) is 11.5 Å². The molecule has 1 atom stereocenters. The lowest BCUT2D eigenvalue weighted by Crippen LogP contribution is -2.33. The van der Waals surface area contributed by atoms with Crippen LogP contribution in [0.2, 0.25) is 0 Å². The van der Waals surface area contributed by atoms with Gasteiger partial charge in [0.25, 0.3) is 0 Å². The topological polar surface area (TPSA) is 47.6 Å². The third kappa shape index (κ3) is 3.23. The van der Waals surface area contributed by atoms with Crippen molar-refractivity contribution < 1.29 is 14.3 Å². The largest absolute Gasteiger partial charge is 0.497 e. The first kappa shape index (κ1) is 16.4. The molecule has 4 heteroatoms. The Hall–Kier alpha value is -2.49. The van der Waals surface area contributed by atoms with E-state index in [2.05, 4.69) is 24.4 Å². The second kappa shape index (κ2) is 6.56. The molecule has 126 valence electrons. The van der Waals surface area contributed by atoms with Crippen molar-refractivity contribution in [3.8, 4) is 11.5 Å². The van der Waals surface area contributed by atoms with Crippen LogP contribution < -0.4 is 14.8 Å². The zero-order valence-corrected chi connectivity index (χ0v) is 14.6. The summed E-state index contributed by atoms with van der Waals surface area (Å²) >= 11 is 0. The molecule has 0 unspecified atom stereocenters. The lowest BCUT2D eigenvalue weighted by atomic mass is 9.95. The number of hydrogen-bond donors (Lipinski definition) is 1. The van der Waals surface area contributed by atoms with Crippen molar-refractivity contribution in [2.75, 3.05) is 19.0 Å². The molecule has 1 amide bonds. The third-order valence-corrected chi connectivity index (χ3v) is 4.47. The summed E-state index contributed by atoms with van der Waals surface area (Å²) in [5.41, 5.74) is 5.28. The Bertz CT molecular complexity index is 759. The van der Waals surface area contributed by atoms with Crippen LogP contribution in [0.3, 0.4) is 0 Å². The van der Waals surface area contributed by atoms with E-state index in [0.717, 1.165) is 33.9 Å². The zero-order chi connectivity index (χ0) is 17.3. The van der Waals surface area contributed by atoms with E-state index in [9.17, 15) is 4.79 Å². The first-order chi connectivity index (χ1) is 11.5. The highest BCUT2D eigenvalue weighted by Crippen LogP contribution is 2.31. The summed E-state index contributed by atoms with van der Waals surface area (Å²) in [7, 11) is 1.64. The minimum absolute atomic E-state index is 0.00137. The van der Waals surface area contributed by atoms with Crippen molar-refractivity contribution >= 4 is 11.6 Å². The number of methoxy groups -OCH3 is 1. The standard InChI is InChI=1S/C20H23NO3/c1-12-7-13(2)19(14(3)8-12)21-20(22)16-9-15-10-17(23-4)5-6-18(15)24-11-16/h5-8,10,16H,9,11H2,1-4H3,(H,21,22)/t16-/m1/s1. The fourth-order valence-electron chi connectivity index (χ4n) is 3.27. The van der Waals surface area contributed by atoms with Gasteiger partial charge in [-0.2, -0.15) is 0 Å². The Morgan fingerprint density at radius 2 is 1.88 bits per heavy atom. The van der Waals surface area contributed by atoms with Crippen molar-refractivity contribution in [3.63, 3.8) is 0 Å². The number of anilines is 1. The van der Waals surface area contributed by atoms with Gasteiger partial charge in [0.05, 0.1) is 13.0 Å². The Labute approximate surface area is 142 Å². The molecule has 0 saturated carbocycles. The number of hydrogen-bond acceptors (Lipinski definition) is 3. The Morgan fingerprint density at radius 3 is 2.54 bits per heavy atom. The lowest BCUT2D eigenvalue weighted by molar-refractivity contribution is -0.121. The number of fused-ring (bicyclic) bond motifs is 1. The maximum atomic E-state index is 12.7. The van der Waals surface area contributed by atoms with Crippen LogP contribution in [0.1, 0.15) is 22.3 Å². The molecule has 0 spiro atoms. The monoisotopic (exact) mass is 325 g/mol. The van der Waals surface area contributed by atoms with E-state index in [1.165, 1.54) is 5.56 Å². The molecule has 2 aromatic carbocycles. The van der Waals surface area contributed by atoms with E-state index in [-0.39, 0.29) is 11.8 Å². The van der Waals surface area contributed by atoms with Gasteiger partial charge in [0.2, 0.25) is 5.91 Å². The summed E-state index contributed by atoms with van der Waals surface area (Å²) in [6.45, 7) is 6.50. The molecule has 2 aromatic rings. The fraction of sp³-hybridized carbons (Fsp3) is 0.350. The van der Waals surface area contributed by atoms with Gasteiger partial charge in [0.1, 0.15) is 18.1 Å². The van der Waals surface area contributed by atoms with Crippen molar-refractivity contribution in [1.29, 1.82) is 0 Å². The van der Waals surface area contributed by atoms with Gasteiger partial charge < -0.3 is 14.8 Å². The fourth-order valence-corrected chi connectivity index (χ4v) is 3.27. The molecule has 1 heterocycles. The molecule has 24 heavy (non-hydrogen) atoms. The summed E-state index contributed by atoms with van der Waals surface area (Å²) in [4.78, 5) is 12.7. The maximum absolute atomic E-state index is 12.7. The second-order valence-electron chi connectivity index (χ2n) is 6.45. The smallest absolute Gasteiger partial charge is 0.231 e. The summed E-state index contributed by atoms with van der Waals surface area (Å²) in [6, 6.07) is 9.88. The molecule has 0 saturated heterocycles. The van der Waals surface area contributed by atoms with Crippen molar-refractivity contribution in [2.45, 2.75) is 27.2 Å². The zero-order valence-electron chi connectivity index (χ0n) is 14.6. The van der Waals surface area contributed by atoms with Crippen LogP contribution in [0.4, 0.5) is 5.69 Å². The van der Waals surface area contributed by atoms with Crippen molar-refractivity contribution in [1.82, 2.24) is 0 Å². The van der Waals surface area contributed by atoms with Gasteiger partial charge in [-0.15, -0.1) is 0 Å². The van der Waals surface area contributed by atoms with Gasteiger partial charge >= 0.3 is 0 Å². The average molecular weight is 325 g/mol. The molecule has 0 aliphatic carbocycles. The van der Waals surface area contributed by atoms with Crippen LogP contribution in [-0.4, -0.2) is 19.6 Å². The summed E-state index contributed by atoms with van der Waals surface area (Å²) in [5, 5.41) is 3.08. The first-order valence-electron chi connectivity index (χ1n) is 8.16. The van der Waals surface area contributed by atoms with E-state index >= 15 is 0 Å². The number of carbonyl (C=O) groups is 1. The van der Waals surface area contributed by atoms with Gasteiger partial charge in [-0.05, 0) is 62.1 Å². The number of amides is 1. The Kier molecular flexibility index (Phi) is 4.47. The number of carbonyl (C=O) groups excluding carboxylic acids is 1. The number of aryl methyl sites for hydroxylation is 3. The molecule has 1 aliphatic rings. The quantitative estimate of drug-likeness (QED) is 0.933. The number of nitrogens with one attached hydrogen (secondary N) is 1. The Balaban J connectivity index is 1.77. The molecule has 0 fully saturated rings. The van der Waals surface area contributed by atoms with Crippen LogP contribution in [0, 0.1) is 26.7 Å². The molecular weight excluding hydrogens is 302 g/mol. The number of rotatable bonds is 3. The second-order valence-corrected chi connectivity index (χ2v) is 6.45. The summed E-state index contributed by atoms with van der Waals surface area (Å²) in [6.07, 6.45) is 0.655. The highest BCUT2D eigenvalue weighted by atomic mass is 16.5. The van der Waals surface area contributed by atoms with E-state index in [4.69, 9.17) is 9.47 Å². The summed E-state index contributed by atoms with van der Waals surface area (Å²) < 4.78 is 11.0. The molecular formula is C20H23NO3. The normalized spacial score (nSPS) is 16.1. The highest BCUT2D eigenvalue weighted by Gasteiger charge is 2.27. The van der Waals surface area contributed by atoms with Gasteiger partial charge in [-0.3, -0.25) is 4.79 Å². The first-order valence-corrected chi connectivity index (χ1v) is 8.16. The molecule has 0 bridgehead atoms. The van der Waals surface area contributed by atoms with Gasteiger partial charge in [0.15, 0.2) is 0 Å². The number of benzene rings is 2. The van der Waals surface area contributed by atoms with Crippen LogP contribution in [0.25, 0.3) is 0 Å². The van der Waals surface area contributed by atoms with Crippen LogP contribution in [-0.2, 0) is 11.2 Å². The average Bonchev–Trinajstić information content (AvgIpc) is 2.56. The molecule has 1 aliphatic heterocycles. The molecule has 0 aromatic heterocycles. The predicted molar refractivity (Wildman–Crippen MR) is 95.0 cm³/mol. The van der Waals surface area contributed by atoms with E-state index in [0.29, 0.717) is 13.0 Å². The van der Waals surface area contributed by atoms with Gasteiger partial charge in [-0.25, -0.2) is 0 Å². The third-order valence-electron chi connectivity index (χ3n) is 4.47. The molecule has 3 rings (SSSR count). The van der Waals surface area contributed by atoms with Crippen LogP contribution in [0.15, 0.2) is 30.3 Å². The minimum Gasteiger partial charge on any atom is -0.497 e. The van der Waals surface area contributed by atoms with Gasteiger partial charge in [-0.1, -0.05) is 17.7 Å². The number of ether oxygens (including phenoxy) is 2. The highest BCUT2D eigenvalue weighted by molar-refractivity contribution is 5.94. The molecule has 0 radical (unpaired) electrons. The predicted octanol–water partition coefficient (Wildman–Crippen LogP) is 3.81. The lowest BCUT2D eigenvalue weighted by Gasteiger charge is -2.25. The van der Waals surface area contributed by atoms with Crippen molar-refractivity contribution in [2.24, 2.45) is 5.92 Å². The maximum Gasteiger partial charge on any atom is 0.231 e. The van der Waals surface area contributed by atoms with E-state index in [1.54, 1.807) is 7.11 Å². The van der Waals surface area contributed by atoms with Crippen molar-refractivity contribution in [3.05, 3.63) is 52.6 Å². The van der Waals surface area contributed by atoms with E-state index in [1.807, 2.05) is 32.0 Å². The van der Waals surface area contributed by atoms with Crippen LogP contribution >= 0.6 is 0 Å². The SMILES string of the molecule is COc1ccc2c(c1)C[C@@H](C(=O)Nc1c(C)cc(C)cc1C)CO2. The minimum atomic E-state index is -0.204.